The fraction of sp³-hybridized carbons (Fsp3) is 0.133. The van der Waals surface area contributed by atoms with Crippen LogP contribution in [0.25, 0.3) is 6.08 Å². The van der Waals surface area contributed by atoms with Crippen LogP contribution in [0.4, 0.5) is 0 Å². The molecule has 104 valence electrons. The first-order chi connectivity index (χ1) is 9.65. The van der Waals surface area contributed by atoms with Crippen LogP contribution in [0.1, 0.15) is 15.2 Å². The van der Waals surface area contributed by atoms with E-state index in [2.05, 4.69) is 0 Å². The molecule has 0 spiro atoms. The standard InChI is InChI=1S/C15H13ClO3S/c1-18-12-5-3-4-10(15(12)19-2)6-7-11(17)13-8-9-14(16)20-13/h3-9H,1-2H3. The normalized spacial score (nSPS) is 10.8. The maximum Gasteiger partial charge on any atom is 0.195 e. The molecule has 2 aromatic rings. The van der Waals surface area contributed by atoms with Gasteiger partial charge in [0, 0.05) is 5.56 Å². The summed E-state index contributed by atoms with van der Waals surface area (Å²) in [5.74, 6) is 1.14. The Kier molecular flexibility index (Phi) is 4.82. The van der Waals surface area contributed by atoms with Gasteiger partial charge in [0.1, 0.15) is 0 Å². The zero-order valence-electron chi connectivity index (χ0n) is 11.1. The third-order valence-electron chi connectivity index (χ3n) is 2.66. The van der Waals surface area contributed by atoms with Crippen LogP contribution in [-0.2, 0) is 0 Å². The monoisotopic (exact) mass is 308 g/mol. The third kappa shape index (κ3) is 3.21. The summed E-state index contributed by atoms with van der Waals surface area (Å²) in [6.45, 7) is 0. The summed E-state index contributed by atoms with van der Waals surface area (Å²) in [6, 6.07) is 8.92. The van der Waals surface area contributed by atoms with Crippen molar-refractivity contribution >= 4 is 34.8 Å². The van der Waals surface area contributed by atoms with Gasteiger partial charge in [0.05, 0.1) is 23.4 Å². The number of hydrogen-bond donors (Lipinski definition) is 0. The minimum absolute atomic E-state index is 0.0910. The van der Waals surface area contributed by atoms with Crippen molar-refractivity contribution < 1.29 is 14.3 Å². The number of benzene rings is 1. The first kappa shape index (κ1) is 14.6. The number of methoxy groups -OCH3 is 2. The summed E-state index contributed by atoms with van der Waals surface area (Å²) in [7, 11) is 3.14. The predicted molar refractivity (Wildman–Crippen MR) is 82.2 cm³/mol. The van der Waals surface area contributed by atoms with E-state index < -0.39 is 0 Å². The van der Waals surface area contributed by atoms with Crippen molar-refractivity contribution in [1.82, 2.24) is 0 Å². The van der Waals surface area contributed by atoms with Crippen LogP contribution in [0.2, 0.25) is 4.34 Å². The van der Waals surface area contributed by atoms with Crippen LogP contribution in [0.15, 0.2) is 36.4 Å². The van der Waals surface area contributed by atoms with E-state index in [-0.39, 0.29) is 5.78 Å². The van der Waals surface area contributed by atoms with Gasteiger partial charge in [-0.3, -0.25) is 4.79 Å². The van der Waals surface area contributed by atoms with Gasteiger partial charge < -0.3 is 9.47 Å². The quantitative estimate of drug-likeness (QED) is 0.610. The second kappa shape index (κ2) is 6.59. The van der Waals surface area contributed by atoms with Gasteiger partial charge in [-0.1, -0.05) is 23.7 Å². The molecule has 3 nitrogen and oxygen atoms in total. The van der Waals surface area contributed by atoms with Crippen molar-refractivity contribution in [3.63, 3.8) is 0 Å². The van der Waals surface area contributed by atoms with E-state index in [9.17, 15) is 4.79 Å². The highest BCUT2D eigenvalue weighted by Gasteiger charge is 2.09. The number of rotatable bonds is 5. The molecule has 0 saturated carbocycles. The van der Waals surface area contributed by atoms with Crippen LogP contribution in [0.3, 0.4) is 0 Å². The number of carbonyl (C=O) groups excluding carboxylic acids is 1. The SMILES string of the molecule is COc1cccc(C=CC(=O)c2ccc(Cl)s2)c1OC. The molecule has 0 fully saturated rings. The number of ketones is 1. The number of carbonyl (C=O) groups is 1. The minimum Gasteiger partial charge on any atom is -0.493 e. The number of ether oxygens (including phenoxy) is 2. The van der Waals surface area contributed by atoms with Crippen LogP contribution in [0.5, 0.6) is 11.5 Å². The van der Waals surface area contributed by atoms with E-state index in [0.717, 1.165) is 5.56 Å². The molecular formula is C15H13ClO3S. The Hall–Kier alpha value is -1.78. The van der Waals surface area contributed by atoms with Crippen molar-refractivity contribution in [3.05, 3.63) is 51.2 Å². The first-order valence-electron chi connectivity index (χ1n) is 5.84. The molecule has 1 aromatic heterocycles. The molecule has 20 heavy (non-hydrogen) atoms. The molecule has 0 bridgehead atoms. The Morgan fingerprint density at radius 3 is 2.60 bits per heavy atom. The molecule has 2 rings (SSSR count). The lowest BCUT2D eigenvalue weighted by molar-refractivity contribution is 0.105. The lowest BCUT2D eigenvalue weighted by Gasteiger charge is -2.09. The fourth-order valence-corrected chi connectivity index (χ4v) is 2.70. The van der Waals surface area contributed by atoms with Gasteiger partial charge in [-0.25, -0.2) is 0 Å². The number of halogens is 1. The van der Waals surface area contributed by atoms with Gasteiger partial charge in [0.15, 0.2) is 17.3 Å². The molecule has 0 saturated heterocycles. The largest absolute Gasteiger partial charge is 0.493 e. The maximum atomic E-state index is 12.0. The van der Waals surface area contributed by atoms with Crippen LogP contribution < -0.4 is 9.47 Å². The van der Waals surface area contributed by atoms with Gasteiger partial charge in [0.2, 0.25) is 0 Å². The fourth-order valence-electron chi connectivity index (χ4n) is 1.74. The molecule has 0 unspecified atom stereocenters. The topological polar surface area (TPSA) is 35.5 Å². The Morgan fingerprint density at radius 1 is 1.20 bits per heavy atom. The van der Waals surface area contributed by atoms with Gasteiger partial charge in [-0.2, -0.15) is 0 Å². The van der Waals surface area contributed by atoms with Gasteiger partial charge in [0.25, 0.3) is 0 Å². The number of hydrogen-bond acceptors (Lipinski definition) is 4. The Morgan fingerprint density at radius 2 is 2.00 bits per heavy atom. The van der Waals surface area contributed by atoms with E-state index in [1.54, 1.807) is 38.5 Å². The third-order valence-corrected chi connectivity index (χ3v) is 3.91. The molecule has 1 aromatic carbocycles. The molecule has 0 amide bonds. The van der Waals surface area contributed by atoms with Gasteiger partial charge >= 0.3 is 0 Å². The van der Waals surface area contributed by atoms with Gasteiger partial charge in [-0.05, 0) is 30.4 Å². The molecule has 0 radical (unpaired) electrons. The maximum absolute atomic E-state index is 12.0. The molecule has 0 atom stereocenters. The Bertz CT molecular complexity index is 646. The van der Waals surface area contributed by atoms with Crippen LogP contribution in [0, 0.1) is 0 Å². The van der Waals surface area contributed by atoms with E-state index in [4.69, 9.17) is 21.1 Å². The average Bonchev–Trinajstić information content (AvgIpc) is 2.90. The molecule has 0 N–H and O–H groups in total. The highest BCUT2D eigenvalue weighted by atomic mass is 35.5. The second-order valence-corrected chi connectivity index (χ2v) is 5.60. The van der Waals surface area contributed by atoms with Crippen molar-refractivity contribution in [2.75, 3.05) is 14.2 Å². The van der Waals surface area contributed by atoms with E-state index in [1.807, 2.05) is 12.1 Å². The predicted octanol–water partition coefficient (Wildman–Crippen LogP) is 4.31. The number of thiophene rings is 1. The second-order valence-electron chi connectivity index (χ2n) is 3.88. The molecule has 0 aliphatic carbocycles. The molecule has 0 aliphatic rings. The van der Waals surface area contributed by atoms with E-state index in [1.165, 1.54) is 17.4 Å². The molecule has 5 heteroatoms. The zero-order valence-corrected chi connectivity index (χ0v) is 12.6. The van der Waals surface area contributed by atoms with Crippen molar-refractivity contribution in [3.8, 4) is 11.5 Å². The molecule has 0 aliphatic heterocycles. The van der Waals surface area contributed by atoms with Gasteiger partial charge in [-0.15, -0.1) is 11.3 Å². The average molecular weight is 309 g/mol. The highest BCUT2D eigenvalue weighted by molar-refractivity contribution is 7.18. The zero-order chi connectivity index (χ0) is 14.5. The summed E-state index contributed by atoms with van der Waals surface area (Å²) >= 11 is 7.07. The number of para-hydroxylation sites is 1. The summed E-state index contributed by atoms with van der Waals surface area (Å²) in [5, 5.41) is 0. The van der Waals surface area contributed by atoms with Crippen LogP contribution in [-0.4, -0.2) is 20.0 Å². The highest BCUT2D eigenvalue weighted by Crippen LogP contribution is 2.31. The van der Waals surface area contributed by atoms with Crippen molar-refractivity contribution in [2.45, 2.75) is 0 Å². The lowest BCUT2D eigenvalue weighted by Crippen LogP contribution is -1.93. The van der Waals surface area contributed by atoms with E-state index >= 15 is 0 Å². The van der Waals surface area contributed by atoms with E-state index in [0.29, 0.717) is 20.7 Å². The van der Waals surface area contributed by atoms with Crippen molar-refractivity contribution in [1.29, 1.82) is 0 Å². The summed E-state index contributed by atoms with van der Waals surface area (Å²) in [6.07, 6.45) is 3.21. The summed E-state index contributed by atoms with van der Waals surface area (Å²) < 4.78 is 11.1. The molecular weight excluding hydrogens is 296 g/mol. The van der Waals surface area contributed by atoms with Crippen LogP contribution >= 0.6 is 22.9 Å². The summed E-state index contributed by atoms with van der Waals surface area (Å²) in [5.41, 5.74) is 0.780. The lowest BCUT2D eigenvalue weighted by atomic mass is 10.1. The summed E-state index contributed by atoms with van der Waals surface area (Å²) in [4.78, 5) is 12.6. The smallest absolute Gasteiger partial charge is 0.195 e. The molecule has 1 heterocycles. The number of allylic oxidation sites excluding steroid dienone is 1. The van der Waals surface area contributed by atoms with Crippen molar-refractivity contribution in [2.24, 2.45) is 0 Å². The Balaban J connectivity index is 2.25. The minimum atomic E-state index is -0.0910. The Labute approximate surface area is 126 Å². The first-order valence-corrected chi connectivity index (χ1v) is 7.04.